The van der Waals surface area contributed by atoms with Gasteiger partial charge in [0.05, 0.1) is 22.5 Å². The van der Waals surface area contributed by atoms with Crippen molar-refractivity contribution >= 4 is 29.7 Å². The van der Waals surface area contributed by atoms with Gasteiger partial charge in [-0.15, -0.1) is 9.15 Å². The van der Waals surface area contributed by atoms with Crippen LogP contribution in [0.15, 0.2) is 60.1 Å². The van der Waals surface area contributed by atoms with E-state index >= 15 is 0 Å². The number of aromatic nitrogens is 2. The summed E-state index contributed by atoms with van der Waals surface area (Å²) in [4.78, 5) is 3.52. The third-order valence-corrected chi connectivity index (χ3v) is 6.22. The maximum absolute atomic E-state index is 3.52. The van der Waals surface area contributed by atoms with Crippen LogP contribution in [-0.4, -0.2) is 30.1 Å². The summed E-state index contributed by atoms with van der Waals surface area (Å²) in [6.45, 7) is 0. The second kappa shape index (κ2) is 3.09. The lowest BCUT2D eigenvalue weighted by molar-refractivity contribution is -0.812. The average molecular weight is 320 g/mol. The van der Waals surface area contributed by atoms with Crippen LogP contribution in [-0.2, 0) is 5.79 Å². The van der Waals surface area contributed by atoms with Gasteiger partial charge in [-0.2, -0.15) is 0 Å². The van der Waals surface area contributed by atoms with Crippen LogP contribution in [0.25, 0.3) is 18.2 Å². The second-order valence-electron chi connectivity index (χ2n) is 7.30. The standard InChI is InChI=1S/C21H11N4/c1-2-14-8-15-3-4-16-9-17-5-6-18-10-19-20-12(11-22-19)7-13(1)23(14)21(20,24(15)16)25(17)18/h1-11H/q+1/p+1. The van der Waals surface area contributed by atoms with Crippen molar-refractivity contribution in [3.8, 4) is 0 Å². The summed E-state index contributed by atoms with van der Waals surface area (Å²) in [6.07, 6.45) is 20.3. The van der Waals surface area contributed by atoms with Crippen LogP contribution < -0.4 is 10.7 Å². The first kappa shape index (κ1) is 11.2. The summed E-state index contributed by atoms with van der Waals surface area (Å²) >= 11 is 0. The Bertz CT molecular complexity index is 1420. The summed E-state index contributed by atoms with van der Waals surface area (Å²) in [5, 5.41) is 2.51. The molecule has 0 radical (unpaired) electrons. The smallest absolute Gasteiger partial charge is 0.360 e. The highest BCUT2D eigenvalue weighted by Crippen LogP contribution is 2.47. The maximum Gasteiger partial charge on any atom is 0.485 e. The fourth-order valence-corrected chi connectivity index (χ4v) is 5.47. The molecule has 1 N–H and O–H groups in total. The van der Waals surface area contributed by atoms with Gasteiger partial charge in [0.15, 0.2) is 5.56 Å². The summed E-state index contributed by atoms with van der Waals surface area (Å²) < 4.78 is 7.49. The van der Waals surface area contributed by atoms with E-state index in [0.29, 0.717) is 0 Å². The molecule has 0 saturated heterocycles. The van der Waals surface area contributed by atoms with E-state index in [4.69, 9.17) is 0 Å². The van der Waals surface area contributed by atoms with E-state index in [1.165, 1.54) is 50.3 Å². The highest BCUT2D eigenvalue weighted by atomic mass is 15.5. The molecule has 4 heteroatoms. The molecule has 8 heterocycles. The van der Waals surface area contributed by atoms with Crippen LogP contribution in [0, 0.1) is 0 Å². The lowest BCUT2D eigenvalue weighted by Gasteiger charge is -2.35. The Hall–Kier alpha value is -3.40. The van der Waals surface area contributed by atoms with Crippen LogP contribution in [0.5, 0.6) is 0 Å². The minimum absolute atomic E-state index is 0.381. The average Bonchev–Trinajstić information content (AvgIpc) is 3.38. The van der Waals surface area contributed by atoms with Crippen molar-refractivity contribution in [2.75, 3.05) is 0 Å². The first-order chi connectivity index (χ1) is 12.4. The molecule has 114 valence electrons. The number of rotatable bonds is 0. The molecule has 0 fully saturated rings. The molecule has 8 rings (SSSR count). The van der Waals surface area contributed by atoms with Crippen LogP contribution >= 0.6 is 0 Å². The van der Waals surface area contributed by atoms with Crippen LogP contribution in [0.3, 0.4) is 0 Å². The molecule has 0 bridgehead atoms. The molecular formula is C21H12N4+2. The molecule has 2 aromatic rings. The van der Waals surface area contributed by atoms with Crippen molar-refractivity contribution in [1.29, 1.82) is 0 Å². The van der Waals surface area contributed by atoms with E-state index in [1.807, 2.05) is 0 Å². The van der Waals surface area contributed by atoms with Gasteiger partial charge < -0.3 is 4.98 Å². The zero-order chi connectivity index (χ0) is 15.9. The molecule has 25 heavy (non-hydrogen) atoms. The van der Waals surface area contributed by atoms with Crippen LogP contribution in [0.2, 0.25) is 0 Å². The van der Waals surface area contributed by atoms with Gasteiger partial charge in [0.1, 0.15) is 0 Å². The molecule has 1 atom stereocenters. The topological polar surface area (TPSA) is 26.7 Å². The van der Waals surface area contributed by atoms with Gasteiger partial charge in [0, 0.05) is 48.2 Å². The molecule has 1 unspecified atom stereocenters. The SMILES string of the molecule is C1=CC2=[N+]3C1=Cc1[nH]cc4c1C31n3c(ccc3=C4)=CC3=[N+]1C(=C2)C=C3. The molecule has 0 amide bonds. The number of hydrogen-bond donors (Lipinski definition) is 1. The maximum atomic E-state index is 3.52. The van der Waals surface area contributed by atoms with Gasteiger partial charge >= 0.3 is 5.79 Å². The summed E-state index contributed by atoms with van der Waals surface area (Å²) in [5.74, 6) is -0.381. The van der Waals surface area contributed by atoms with Crippen molar-refractivity contribution in [3.05, 3.63) is 87.6 Å². The number of aromatic amines is 1. The number of nitrogens with one attached hydrogen (secondary N) is 1. The summed E-state index contributed by atoms with van der Waals surface area (Å²) in [7, 11) is 0. The second-order valence-corrected chi connectivity index (χ2v) is 7.30. The fraction of sp³-hybridized carbons (Fsp3) is 0.0476. The van der Waals surface area contributed by atoms with Crippen LogP contribution in [0.1, 0.15) is 16.8 Å². The van der Waals surface area contributed by atoms with Gasteiger partial charge in [0.2, 0.25) is 22.8 Å². The van der Waals surface area contributed by atoms with Gasteiger partial charge in [-0.05, 0) is 18.2 Å². The van der Waals surface area contributed by atoms with E-state index in [1.54, 1.807) is 0 Å². The third-order valence-electron chi connectivity index (χ3n) is 6.22. The summed E-state index contributed by atoms with van der Waals surface area (Å²) in [6, 6.07) is 4.48. The van der Waals surface area contributed by atoms with E-state index < -0.39 is 0 Å². The predicted octanol–water partition coefficient (Wildman–Crippen LogP) is 0.710. The Kier molecular flexibility index (Phi) is 1.39. The number of nitrogens with zero attached hydrogens (tertiary/aromatic N) is 3. The van der Waals surface area contributed by atoms with Gasteiger partial charge in [0.25, 0.3) is 0 Å². The molecule has 0 saturated carbocycles. The van der Waals surface area contributed by atoms with Gasteiger partial charge in [-0.25, -0.2) is 4.57 Å². The highest BCUT2D eigenvalue weighted by Gasteiger charge is 2.69. The van der Waals surface area contributed by atoms with Crippen molar-refractivity contribution in [3.63, 3.8) is 0 Å². The van der Waals surface area contributed by atoms with E-state index in [2.05, 4.69) is 85.6 Å². The Morgan fingerprint density at radius 3 is 2.36 bits per heavy atom. The van der Waals surface area contributed by atoms with Crippen molar-refractivity contribution in [2.45, 2.75) is 5.79 Å². The van der Waals surface area contributed by atoms with Crippen molar-refractivity contribution < 1.29 is 9.15 Å². The number of hydrogen-bond acceptors (Lipinski definition) is 0. The monoisotopic (exact) mass is 320 g/mol. The molecule has 0 aromatic carbocycles. The van der Waals surface area contributed by atoms with E-state index in [0.717, 1.165) is 0 Å². The minimum Gasteiger partial charge on any atom is -0.360 e. The highest BCUT2D eigenvalue weighted by molar-refractivity contribution is 6.16. The van der Waals surface area contributed by atoms with E-state index in [-0.39, 0.29) is 5.79 Å². The van der Waals surface area contributed by atoms with E-state index in [9.17, 15) is 0 Å². The van der Waals surface area contributed by atoms with Crippen LogP contribution in [0.4, 0.5) is 0 Å². The third kappa shape index (κ3) is 0.908. The molecule has 6 aliphatic rings. The zero-order valence-electron chi connectivity index (χ0n) is 13.2. The Labute approximate surface area is 142 Å². The quantitative estimate of drug-likeness (QED) is 0.692. The first-order valence-electron chi connectivity index (χ1n) is 8.63. The van der Waals surface area contributed by atoms with Crippen molar-refractivity contribution in [2.24, 2.45) is 0 Å². The summed E-state index contributed by atoms with van der Waals surface area (Å²) in [5.41, 5.74) is 8.86. The predicted molar refractivity (Wildman–Crippen MR) is 94.5 cm³/mol. The Morgan fingerprint density at radius 2 is 1.52 bits per heavy atom. The number of allylic oxidation sites excluding steroid dienone is 5. The van der Waals surface area contributed by atoms with Crippen molar-refractivity contribution in [1.82, 2.24) is 9.55 Å². The molecular weight excluding hydrogens is 308 g/mol. The Balaban J connectivity index is 1.77. The molecule has 1 spiro atoms. The molecule has 6 aliphatic heterocycles. The fourth-order valence-electron chi connectivity index (χ4n) is 5.47. The largest absolute Gasteiger partial charge is 0.485 e. The Morgan fingerprint density at radius 1 is 0.800 bits per heavy atom. The number of H-pyrrole nitrogens is 1. The zero-order valence-corrected chi connectivity index (χ0v) is 13.2. The normalized spacial score (nSPS) is 27.0. The lowest BCUT2D eigenvalue weighted by Crippen LogP contribution is -2.66. The first-order valence-corrected chi connectivity index (χ1v) is 8.63. The van der Waals surface area contributed by atoms with Gasteiger partial charge in [-0.3, -0.25) is 0 Å². The lowest BCUT2D eigenvalue weighted by atomic mass is 9.91. The van der Waals surface area contributed by atoms with Gasteiger partial charge in [-0.1, -0.05) is 0 Å². The molecule has 2 aromatic heterocycles. The minimum atomic E-state index is -0.381. The molecule has 4 nitrogen and oxygen atoms in total. The molecule has 0 aliphatic carbocycles.